The highest BCUT2D eigenvalue weighted by atomic mass is 35.5. The molecule has 0 aliphatic carbocycles. The summed E-state index contributed by atoms with van der Waals surface area (Å²) in [6.07, 6.45) is 1.52. The fourth-order valence-electron chi connectivity index (χ4n) is 1.76. The number of fused-ring (bicyclic) bond motifs is 1. The van der Waals surface area contributed by atoms with Crippen LogP contribution < -0.4 is 9.47 Å². The third kappa shape index (κ3) is 2.50. The molecule has 7 heteroatoms. The summed E-state index contributed by atoms with van der Waals surface area (Å²) in [6, 6.07) is 7.59. The number of nitrogens with one attached hydrogen (secondary N) is 1. The van der Waals surface area contributed by atoms with Crippen molar-refractivity contribution < 1.29 is 9.47 Å². The highest BCUT2D eigenvalue weighted by molar-refractivity contribution is 6.28. The van der Waals surface area contributed by atoms with Crippen LogP contribution in [0.5, 0.6) is 11.6 Å². The Balaban J connectivity index is 1.80. The van der Waals surface area contributed by atoms with Crippen molar-refractivity contribution >= 4 is 22.8 Å². The van der Waals surface area contributed by atoms with E-state index in [1.165, 1.54) is 6.33 Å². The van der Waals surface area contributed by atoms with E-state index in [-0.39, 0.29) is 5.28 Å². The molecule has 102 valence electrons. The first-order valence-corrected chi connectivity index (χ1v) is 6.26. The van der Waals surface area contributed by atoms with Crippen LogP contribution in [0.1, 0.15) is 5.56 Å². The van der Waals surface area contributed by atoms with Crippen molar-refractivity contribution in [1.29, 1.82) is 0 Å². The van der Waals surface area contributed by atoms with E-state index in [0.29, 0.717) is 23.7 Å². The fourth-order valence-corrected chi connectivity index (χ4v) is 1.92. The number of aromatic nitrogens is 4. The molecule has 2 aromatic heterocycles. The number of imidazole rings is 1. The highest BCUT2D eigenvalue weighted by Gasteiger charge is 2.10. The standard InChI is InChI=1S/C13H11ClN4O2/c1-19-9-4-2-8(3-5-9)6-20-12-10-11(16-7-15-10)17-13(14)18-12/h2-5,7H,6H2,1H3,(H,15,16,17,18). The molecule has 0 atom stereocenters. The Morgan fingerprint density at radius 3 is 2.75 bits per heavy atom. The number of aromatic amines is 1. The Hall–Kier alpha value is -2.34. The molecule has 0 saturated heterocycles. The molecular formula is C13H11ClN4O2. The number of ether oxygens (including phenoxy) is 2. The van der Waals surface area contributed by atoms with Crippen molar-refractivity contribution in [2.24, 2.45) is 0 Å². The van der Waals surface area contributed by atoms with Gasteiger partial charge in [-0.3, -0.25) is 0 Å². The SMILES string of the molecule is COc1ccc(COc2nc(Cl)nc3nc[nH]c23)cc1. The highest BCUT2D eigenvalue weighted by Crippen LogP contribution is 2.22. The minimum atomic E-state index is 0.106. The maximum absolute atomic E-state index is 5.83. The van der Waals surface area contributed by atoms with Crippen LogP contribution in [0.15, 0.2) is 30.6 Å². The zero-order valence-corrected chi connectivity index (χ0v) is 11.4. The Labute approximate surface area is 119 Å². The first-order valence-electron chi connectivity index (χ1n) is 5.88. The molecule has 2 heterocycles. The van der Waals surface area contributed by atoms with E-state index in [9.17, 15) is 0 Å². The first kappa shape index (κ1) is 12.7. The molecule has 0 bridgehead atoms. The fraction of sp³-hybridized carbons (Fsp3) is 0.154. The lowest BCUT2D eigenvalue weighted by Gasteiger charge is -2.07. The molecule has 0 spiro atoms. The maximum Gasteiger partial charge on any atom is 0.244 e. The van der Waals surface area contributed by atoms with Crippen LogP contribution in [0.3, 0.4) is 0 Å². The number of hydrogen-bond acceptors (Lipinski definition) is 5. The van der Waals surface area contributed by atoms with Crippen LogP contribution in [0.25, 0.3) is 11.2 Å². The second-order valence-electron chi connectivity index (χ2n) is 4.04. The van der Waals surface area contributed by atoms with E-state index < -0.39 is 0 Å². The average molecular weight is 291 g/mol. The van der Waals surface area contributed by atoms with Gasteiger partial charge in [0, 0.05) is 0 Å². The monoisotopic (exact) mass is 290 g/mol. The van der Waals surface area contributed by atoms with Gasteiger partial charge in [0.2, 0.25) is 11.2 Å². The molecule has 1 N–H and O–H groups in total. The third-order valence-electron chi connectivity index (χ3n) is 2.76. The van der Waals surface area contributed by atoms with E-state index >= 15 is 0 Å². The van der Waals surface area contributed by atoms with Crippen molar-refractivity contribution in [2.45, 2.75) is 6.61 Å². The minimum absolute atomic E-state index is 0.106. The first-order chi connectivity index (χ1) is 9.76. The van der Waals surface area contributed by atoms with Gasteiger partial charge in [-0.15, -0.1) is 0 Å². The molecule has 0 saturated carbocycles. The molecule has 0 unspecified atom stereocenters. The van der Waals surface area contributed by atoms with Gasteiger partial charge in [-0.2, -0.15) is 9.97 Å². The van der Waals surface area contributed by atoms with E-state index in [1.54, 1.807) is 7.11 Å². The van der Waals surface area contributed by atoms with Crippen molar-refractivity contribution in [3.63, 3.8) is 0 Å². The topological polar surface area (TPSA) is 72.9 Å². The van der Waals surface area contributed by atoms with Crippen LogP contribution in [-0.2, 0) is 6.61 Å². The van der Waals surface area contributed by atoms with Crippen molar-refractivity contribution in [2.75, 3.05) is 7.11 Å². The molecule has 6 nitrogen and oxygen atoms in total. The predicted molar refractivity (Wildman–Crippen MR) is 74.0 cm³/mol. The molecule has 3 rings (SSSR count). The van der Waals surface area contributed by atoms with Crippen LogP contribution in [0, 0.1) is 0 Å². The minimum Gasteiger partial charge on any atom is -0.497 e. The number of H-pyrrole nitrogens is 1. The second kappa shape index (κ2) is 5.34. The van der Waals surface area contributed by atoms with Gasteiger partial charge in [0.15, 0.2) is 5.65 Å². The molecule has 0 amide bonds. The number of nitrogens with zero attached hydrogens (tertiary/aromatic N) is 3. The Kier molecular flexibility index (Phi) is 3.39. The van der Waals surface area contributed by atoms with Crippen molar-refractivity contribution in [1.82, 2.24) is 19.9 Å². The molecule has 1 aromatic carbocycles. The molecule has 0 fully saturated rings. The summed E-state index contributed by atoms with van der Waals surface area (Å²) in [5.74, 6) is 1.18. The molecular weight excluding hydrogens is 280 g/mol. The van der Waals surface area contributed by atoms with E-state index in [4.69, 9.17) is 21.1 Å². The molecule has 3 aromatic rings. The second-order valence-corrected chi connectivity index (χ2v) is 4.37. The molecule has 20 heavy (non-hydrogen) atoms. The third-order valence-corrected chi connectivity index (χ3v) is 2.93. The summed E-state index contributed by atoms with van der Waals surface area (Å²) in [4.78, 5) is 15.0. The summed E-state index contributed by atoms with van der Waals surface area (Å²) in [6.45, 7) is 0.367. The summed E-state index contributed by atoms with van der Waals surface area (Å²) in [5.41, 5.74) is 2.10. The van der Waals surface area contributed by atoms with Crippen LogP contribution in [0.2, 0.25) is 5.28 Å². The van der Waals surface area contributed by atoms with Crippen molar-refractivity contribution in [3.05, 3.63) is 41.4 Å². The number of benzene rings is 1. The predicted octanol–water partition coefficient (Wildman–Crippen LogP) is 2.59. The Bertz CT molecular complexity index is 727. The number of halogens is 1. The van der Waals surface area contributed by atoms with Gasteiger partial charge in [-0.05, 0) is 29.3 Å². The maximum atomic E-state index is 5.83. The van der Waals surface area contributed by atoms with Gasteiger partial charge in [0.1, 0.15) is 17.9 Å². The number of methoxy groups -OCH3 is 1. The Morgan fingerprint density at radius 1 is 1.20 bits per heavy atom. The molecule has 0 aliphatic heterocycles. The lowest BCUT2D eigenvalue weighted by atomic mass is 10.2. The number of hydrogen-bond donors (Lipinski definition) is 1. The summed E-state index contributed by atoms with van der Waals surface area (Å²) < 4.78 is 10.8. The van der Waals surface area contributed by atoms with E-state index in [2.05, 4.69) is 19.9 Å². The zero-order valence-electron chi connectivity index (χ0n) is 10.6. The van der Waals surface area contributed by atoms with Gasteiger partial charge in [-0.25, -0.2) is 4.98 Å². The quantitative estimate of drug-likeness (QED) is 0.748. The van der Waals surface area contributed by atoms with Gasteiger partial charge in [0.05, 0.1) is 13.4 Å². The average Bonchev–Trinajstić information content (AvgIpc) is 2.93. The smallest absolute Gasteiger partial charge is 0.244 e. The number of rotatable bonds is 4. The van der Waals surface area contributed by atoms with Gasteiger partial charge < -0.3 is 14.5 Å². The molecule has 0 radical (unpaired) electrons. The van der Waals surface area contributed by atoms with Gasteiger partial charge >= 0.3 is 0 Å². The lowest BCUT2D eigenvalue weighted by Crippen LogP contribution is -1.99. The molecule has 0 aliphatic rings. The largest absolute Gasteiger partial charge is 0.497 e. The van der Waals surface area contributed by atoms with Crippen LogP contribution >= 0.6 is 11.6 Å². The lowest BCUT2D eigenvalue weighted by molar-refractivity contribution is 0.297. The van der Waals surface area contributed by atoms with Gasteiger partial charge in [0.25, 0.3) is 0 Å². The van der Waals surface area contributed by atoms with Crippen LogP contribution in [0.4, 0.5) is 0 Å². The summed E-state index contributed by atoms with van der Waals surface area (Å²) in [5, 5.41) is 0.106. The normalized spacial score (nSPS) is 10.7. The summed E-state index contributed by atoms with van der Waals surface area (Å²) >= 11 is 5.83. The van der Waals surface area contributed by atoms with Gasteiger partial charge in [-0.1, -0.05) is 12.1 Å². The van der Waals surface area contributed by atoms with Crippen LogP contribution in [-0.4, -0.2) is 27.0 Å². The van der Waals surface area contributed by atoms with E-state index in [0.717, 1.165) is 11.3 Å². The zero-order chi connectivity index (χ0) is 13.9. The Morgan fingerprint density at radius 2 is 2.00 bits per heavy atom. The summed E-state index contributed by atoms with van der Waals surface area (Å²) in [7, 11) is 1.63. The van der Waals surface area contributed by atoms with E-state index in [1.807, 2.05) is 24.3 Å². The van der Waals surface area contributed by atoms with Crippen molar-refractivity contribution in [3.8, 4) is 11.6 Å².